The van der Waals surface area contributed by atoms with Crippen molar-refractivity contribution in [1.82, 2.24) is 0 Å². The molecule has 3 aromatic rings. The molecule has 0 unspecified atom stereocenters. The van der Waals surface area contributed by atoms with E-state index in [0.29, 0.717) is 17.1 Å². The second-order valence-electron chi connectivity index (χ2n) is 6.16. The van der Waals surface area contributed by atoms with E-state index in [2.05, 4.69) is 5.32 Å². The van der Waals surface area contributed by atoms with Gasteiger partial charge in [0.05, 0.1) is 21.8 Å². The van der Waals surface area contributed by atoms with Gasteiger partial charge in [0.25, 0.3) is 15.9 Å². The summed E-state index contributed by atoms with van der Waals surface area (Å²) >= 11 is 0. The number of hydrogen-bond acceptors (Lipinski definition) is 4. The quantitative estimate of drug-likeness (QED) is 0.723. The van der Waals surface area contributed by atoms with Gasteiger partial charge in [-0.05, 0) is 54.6 Å². The molecule has 6 nitrogen and oxygen atoms in total. The number of sulfonamides is 1. The van der Waals surface area contributed by atoms with Crippen LogP contribution in [0, 0.1) is 5.82 Å². The number of ether oxygens (including phenoxy) is 1. The third kappa shape index (κ3) is 3.07. The molecule has 1 aliphatic heterocycles. The van der Waals surface area contributed by atoms with E-state index in [1.807, 2.05) is 0 Å². The maximum absolute atomic E-state index is 13.1. The van der Waals surface area contributed by atoms with Gasteiger partial charge in [-0.3, -0.25) is 9.10 Å². The Balaban J connectivity index is 1.73. The topological polar surface area (TPSA) is 75.7 Å². The van der Waals surface area contributed by atoms with E-state index in [-0.39, 0.29) is 16.2 Å². The zero-order valence-electron chi connectivity index (χ0n) is 14.7. The van der Waals surface area contributed by atoms with E-state index in [1.54, 1.807) is 24.3 Å². The fraction of sp³-hybridized carbons (Fsp3) is 0.0500. The molecule has 0 aromatic heterocycles. The van der Waals surface area contributed by atoms with Crippen molar-refractivity contribution in [3.8, 4) is 11.5 Å². The Morgan fingerprint density at radius 3 is 2.43 bits per heavy atom. The van der Waals surface area contributed by atoms with Crippen LogP contribution in [0.2, 0.25) is 0 Å². The SMILES string of the molecule is CN(c1ccc(F)cc1)S(=O)(=O)c1ccc2c(c1)C(=O)Nc1ccccc1O2. The van der Waals surface area contributed by atoms with Crippen molar-refractivity contribution < 1.29 is 22.3 Å². The monoisotopic (exact) mass is 398 g/mol. The van der Waals surface area contributed by atoms with Crippen molar-refractivity contribution in [3.05, 3.63) is 78.1 Å². The van der Waals surface area contributed by atoms with Gasteiger partial charge in [0.2, 0.25) is 0 Å². The highest BCUT2D eigenvalue weighted by atomic mass is 32.2. The molecule has 142 valence electrons. The number of fused-ring (bicyclic) bond motifs is 2. The minimum absolute atomic E-state index is 0.0808. The molecule has 1 amide bonds. The summed E-state index contributed by atoms with van der Waals surface area (Å²) in [4.78, 5) is 12.5. The van der Waals surface area contributed by atoms with E-state index >= 15 is 0 Å². The number of nitrogens with zero attached hydrogens (tertiary/aromatic N) is 1. The minimum atomic E-state index is -3.97. The van der Waals surface area contributed by atoms with Gasteiger partial charge in [-0.1, -0.05) is 12.1 Å². The number of halogens is 1. The molecule has 0 atom stereocenters. The lowest BCUT2D eigenvalue weighted by molar-refractivity contribution is 0.102. The number of para-hydroxylation sites is 2. The van der Waals surface area contributed by atoms with Gasteiger partial charge in [-0.15, -0.1) is 0 Å². The molecule has 0 bridgehead atoms. The number of carbonyl (C=O) groups excluding carboxylic acids is 1. The first-order chi connectivity index (χ1) is 13.4. The molecule has 3 aromatic carbocycles. The van der Waals surface area contributed by atoms with E-state index in [0.717, 1.165) is 4.31 Å². The van der Waals surface area contributed by atoms with Crippen molar-refractivity contribution >= 4 is 27.3 Å². The van der Waals surface area contributed by atoms with Crippen LogP contribution in [0.5, 0.6) is 11.5 Å². The van der Waals surface area contributed by atoms with Crippen LogP contribution in [0.15, 0.2) is 71.6 Å². The van der Waals surface area contributed by atoms with Gasteiger partial charge >= 0.3 is 0 Å². The second kappa shape index (κ2) is 6.65. The van der Waals surface area contributed by atoms with Crippen LogP contribution in [-0.4, -0.2) is 21.4 Å². The van der Waals surface area contributed by atoms with Gasteiger partial charge in [-0.25, -0.2) is 12.8 Å². The number of nitrogens with one attached hydrogen (secondary N) is 1. The number of amides is 1. The van der Waals surface area contributed by atoms with E-state index in [1.165, 1.54) is 49.5 Å². The molecular weight excluding hydrogens is 383 g/mol. The Bertz CT molecular complexity index is 1180. The summed E-state index contributed by atoms with van der Waals surface area (Å²) in [5.74, 6) is -0.214. The molecule has 4 rings (SSSR count). The largest absolute Gasteiger partial charge is 0.454 e. The Labute approximate surface area is 161 Å². The molecule has 0 saturated heterocycles. The van der Waals surface area contributed by atoms with Crippen molar-refractivity contribution in [2.75, 3.05) is 16.7 Å². The first-order valence-corrected chi connectivity index (χ1v) is 9.77. The van der Waals surface area contributed by atoms with Crippen molar-refractivity contribution in [1.29, 1.82) is 0 Å². The summed E-state index contributed by atoms with van der Waals surface area (Å²) in [6, 6.07) is 16.1. The van der Waals surface area contributed by atoms with Gasteiger partial charge in [-0.2, -0.15) is 0 Å². The number of anilines is 2. The predicted molar refractivity (Wildman–Crippen MR) is 103 cm³/mol. The minimum Gasteiger partial charge on any atom is -0.454 e. The van der Waals surface area contributed by atoms with Crippen LogP contribution < -0.4 is 14.4 Å². The summed E-state index contributed by atoms with van der Waals surface area (Å²) in [7, 11) is -2.60. The summed E-state index contributed by atoms with van der Waals surface area (Å²) in [5, 5.41) is 2.71. The third-order valence-electron chi connectivity index (χ3n) is 4.40. The lowest BCUT2D eigenvalue weighted by Gasteiger charge is -2.20. The van der Waals surface area contributed by atoms with Crippen molar-refractivity contribution in [2.45, 2.75) is 4.90 Å². The number of rotatable bonds is 3. The van der Waals surface area contributed by atoms with Crippen LogP contribution in [0.4, 0.5) is 15.8 Å². The molecule has 0 fully saturated rings. The average molecular weight is 398 g/mol. The first kappa shape index (κ1) is 18.0. The molecule has 0 saturated carbocycles. The molecule has 0 aliphatic carbocycles. The maximum atomic E-state index is 13.1. The van der Waals surface area contributed by atoms with Crippen LogP contribution in [-0.2, 0) is 10.0 Å². The highest BCUT2D eigenvalue weighted by molar-refractivity contribution is 7.92. The fourth-order valence-corrected chi connectivity index (χ4v) is 4.07. The van der Waals surface area contributed by atoms with E-state index in [9.17, 15) is 17.6 Å². The summed E-state index contributed by atoms with van der Waals surface area (Å²) in [6.45, 7) is 0. The van der Waals surface area contributed by atoms with Crippen LogP contribution >= 0.6 is 0 Å². The van der Waals surface area contributed by atoms with Crippen molar-refractivity contribution in [3.63, 3.8) is 0 Å². The van der Waals surface area contributed by atoms with E-state index in [4.69, 9.17) is 4.74 Å². The second-order valence-corrected chi connectivity index (χ2v) is 8.13. The normalized spacial score (nSPS) is 12.9. The van der Waals surface area contributed by atoms with Gasteiger partial charge in [0.15, 0.2) is 5.75 Å². The molecule has 1 heterocycles. The van der Waals surface area contributed by atoms with E-state index < -0.39 is 21.7 Å². The Kier molecular flexibility index (Phi) is 4.27. The highest BCUT2D eigenvalue weighted by Crippen LogP contribution is 2.36. The zero-order chi connectivity index (χ0) is 19.9. The molecular formula is C20H15FN2O4S. The average Bonchev–Trinajstić information content (AvgIpc) is 2.83. The van der Waals surface area contributed by atoms with Gasteiger partial charge in [0.1, 0.15) is 11.6 Å². The molecule has 8 heteroatoms. The number of carbonyl (C=O) groups is 1. The zero-order valence-corrected chi connectivity index (χ0v) is 15.5. The number of benzene rings is 3. The summed E-state index contributed by atoms with van der Waals surface area (Å²) in [6.07, 6.45) is 0. The molecule has 0 radical (unpaired) electrons. The van der Waals surface area contributed by atoms with Gasteiger partial charge < -0.3 is 10.1 Å². The highest BCUT2D eigenvalue weighted by Gasteiger charge is 2.26. The molecule has 1 aliphatic rings. The molecule has 1 N–H and O–H groups in total. The smallest absolute Gasteiger partial charge is 0.264 e. The molecule has 28 heavy (non-hydrogen) atoms. The van der Waals surface area contributed by atoms with Gasteiger partial charge in [0, 0.05) is 7.05 Å². The third-order valence-corrected chi connectivity index (χ3v) is 6.18. The lowest BCUT2D eigenvalue weighted by Crippen LogP contribution is -2.26. The predicted octanol–water partition coefficient (Wildman–Crippen LogP) is 4.01. The van der Waals surface area contributed by atoms with Crippen LogP contribution in [0.3, 0.4) is 0 Å². The first-order valence-electron chi connectivity index (χ1n) is 8.33. The Morgan fingerprint density at radius 2 is 1.68 bits per heavy atom. The van der Waals surface area contributed by atoms with Crippen LogP contribution in [0.25, 0.3) is 0 Å². The standard InChI is InChI=1S/C20H15FN2O4S/c1-23(14-8-6-13(21)7-9-14)28(25,26)15-10-11-18-16(12-15)20(24)22-17-4-2-3-5-19(17)27-18/h2-12H,1H3,(H,22,24). The van der Waals surface area contributed by atoms with Crippen molar-refractivity contribution in [2.24, 2.45) is 0 Å². The summed E-state index contributed by atoms with van der Waals surface area (Å²) < 4.78 is 45.9. The van der Waals surface area contributed by atoms with Crippen LogP contribution in [0.1, 0.15) is 10.4 Å². The lowest BCUT2D eigenvalue weighted by atomic mass is 10.2. The Hall–Kier alpha value is -3.39. The number of hydrogen-bond donors (Lipinski definition) is 1. The maximum Gasteiger partial charge on any atom is 0.264 e. The molecule has 0 spiro atoms. The Morgan fingerprint density at radius 1 is 0.964 bits per heavy atom. The fourth-order valence-electron chi connectivity index (χ4n) is 2.85. The summed E-state index contributed by atoms with van der Waals surface area (Å²) in [5.41, 5.74) is 0.894.